The molecule has 0 aliphatic carbocycles. The maximum absolute atomic E-state index is 12.4. The third-order valence-electron chi connectivity index (χ3n) is 3.80. The summed E-state index contributed by atoms with van der Waals surface area (Å²) in [6.07, 6.45) is 0. The summed E-state index contributed by atoms with van der Waals surface area (Å²) in [6.45, 7) is 4.05. The molecule has 27 heavy (non-hydrogen) atoms. The Labute approximate surface area is 157 Å². The SMILES string of the molecule is CCN(CC)S(=O)(=O)c1ccc(C(=O)Oc2ccccc2P(=O)([O-])[O-])cc1. The van der Waals surface area contributed by atoms with Gasteiger partial charge in [0, 0.05) is 18.4 Å². The molecule has 2 rings (SSSR count). The van der Waals surface area contributed by atoms with Gasteiger partial charge in [-0.2, -0.15) is 4.31 Å². The number of ether oxygens (including phenoxy) is 1. The summed E-state index contributed by atoms with van der Waals surface area (Å²) in [5, 5.41) is -0.626. The molecule has 10 heteroatoms. The van der Waals surface area contributed by atoms with Gasteiger partial charge in [0.1, 0.15) is 5.75 Å². The van der Waals surface area contributed by atoms with Crippen LogP contribution >= 0.6 is 7.60 Å². The third kappa shape index (κ3) is 4.82. The second-order valence-electron chi connectivity index (χ2n) is 5.47. The van der Waals surface area contributed by atoms with E-state index >= 15 is 0 Å². The summed E-state index contributed by atoms with van der Waals surface area (Å²) in [4.78, 5) is 34.8. The number of carbonyl (C=O) groups excluding carboxylic acids is 1. The highest BCUT2D eigenvalue weighted by Gasteiger charge is 2.22. The van der Waals surface area contributed by atoms with Crippen molar-refractivity contribution in [2.75, 3.05) is 13.1 Å². The van der Waals surface area contributed by atoms with Crippen LogP contribution in [0.5, 0.6) is 5.75 Å². The predicted molar refractivity (Wildman–Crippen MR) is 95.2 cm³/mol. The summed E-state index contributed by atoms with van der Waals surface area (Å²) in [5.41, 5.74) is 0.00919. The Hall–Kier alpha value is -2.03. The fourth-order valence-electron chi connectivity index (χ4n) is 2.40. The van der Waals surface area contributed by atoms with Crippen molar-refractivity contribution in [3.05, 3.63) is 54.1 Å². The van der Waals surface area contributed by atoms with Crippen molar-refractivity contribution in [1.29, 1.82) is 0 Å². The Morgan fingerprint density at radius 1 is 1.04 bits per heavy atom. The van der Waals surface area contributed by atoms with E-state index in [9.17, 15) is 27.6 Å². The lowest BCUT2D eigenvalue weighted by Gasteiger charge is -2.31. The molecule has 0 heterocycles. The van der Waals surface area contributed by atoms with Gasteiger partial charge in [0.2, 0.25) is 10.0 Å². The van der Waals surface area contributed by atoms with E-state index in [1.54, 1.807) is 13.8 Å². The van der Waals surface area contributed by atoms with Gasteiger partial charge in [-0.15, -0.1) is 0 Å². The van der Waals surface area contributed by atoms with Crippen molar-refractivity contribution in [3.63, 3.8) is 0 Å². The minimum atomic E-state index is -5.11. The number of rotatable bonds is 7. The summed E-state index contributed by atoms with van der Waals surface area (Å²) in [5.74, 6) is -1.29. The number of esters is 1. The quantitative estimate of drug-likeness (QED) is 0.368. The number of hydrogen-bond donors (Lipinski definition) is 0. The van der Waals surface area contributed by atoms with Crippen molar-refractivity contribution >= 4 is 28.9 Å². The molecule has 2 aromatic carbocycles. The zero-order valence-corrected chi connectivity index (χ0v) is 16.4. The van der Waals surface area contributed by atoms with E-state index in [2.05, 4.69) is 0 Å². The highest BCUT2D eigenvalue weighted by molar-refractivity contribution is 7.89. The Kier molecular flexibility index (Phi) is 6.56. The number of sulfonamides is 1. The third-order valence-corrected chi connectivity index (χ3v) is 6.82. The van der Waals surface area contributed by atoms with E-state index < -0.39 is 28.9 Å². The van der Waals surface area contributed by atoms with Crippen molar-refractivity contribution in [2.45, 2.75) is 18.7 Å². The number of carbonyl (C=O) groups is 1. The second kappa shape index (κ2) is 8.33. The number of nitrogens with zero attached hydrogens (tertiary/aromatic N) is 1. The van der Waals surface area contributed by atoms with E-state index in [1.165, 1.54) is 46.8 Å². The van der Waals surface area contributed by atoms with Gasteiger partial charge < -0.3 is 19.1 Å². The fourth-order valence-corrected chi connectivity index (χ4v) is 4.52. The van der Waals surface area contributed by atoms with Gasteiger partial charge in [0.05, 0.1) is 10.5 Å². The van der Waals surface area contributed by atoms with Gasteiger partial charge in [-0.1, -0.05) is 32.0 Å². The van der Waals surface area contributed by atoms with Crippen LogP contribution in [0.1, 0.15) is 24.2 Å². The highest BCUT2D eigenvalue weighted by atomic mass is 32.2. The summed E-state index contributed by atoms with van der Waals surface area (Å²) in [6, 6.07) is 10.0. The van der Waals surface area contributed by atoms with Crippen molar-refractivity contribution in [3.8, 4) is 5.75 Å². The first-order chi connectivity index (χ1) is 12.6. The Bertz CT molecular complexity index is 963. The first-order valence-corrected chi connectivity index (χ1v) is 11.0. The minimum absolute atomic E-state index is 0.00919. The van der Waals surface area contributed by atoms with Crippen LogP contribution in [0, 0.1) is 0 Å². The van der Waals surface area contributed by atoms with Gasteiger partial charge in [0.15, 0.2) is 0 Å². The van der Waals surface area contributed by atoms with E-state index in [0.717, 1.165) is 6.07 Å². The molecule has 0 saturated carbocycles. The number of hydrogen-bond acceptors (Lipinski definition) is 7. The lowest BCUT2D eigenvalue weighted by Crippen LogP contribution is -2.30. The Balaban J connectivity index is 2.27. The van der Waals surface area contributed by atoms with Gasteiger partial charge in [-0.3, -0.25) is 0 Å². The van der Waals surface area contributed by atoms with Gasteiger partial charge in [0.25, 0.3) is 0 Å². The molecule has 0 atom stereocenters. The highest BCUT2D eigenvalue weighted by Crippen LogP contribution is 2.28. The molecule has 8 nitrogen and oxygen atoms in total. The average Bonchev–Trinajstić information content (AvgIpc) is 2.62. The summed E-state index contributed by atoms with van der Waals surface area (Å²) in [7, 11) is -8.78. The molecule has 0 fully saturated rings. The molecular weight excluding hydrogens is 393 g/mol. The van der Waals surface area contributed by atoms with Crippen LogP contribution in [-0.2, 0) is 14.6 Å². The average molecular weight is 411 g/mol. The molecule has 0 N–H and O–H groups in total. The largest absolute Gasteiger partial charge is 0.807 e. The zero-order valence-electron chi connectivity index (χ0n) is 14.7. The van der Waals surface area contributed by atoms with Crippen LogP contribution in [0.4, 0.5) is 0 Å². The Morgan fingerprint density at radius 2 is 1.59 bits per heavy atom. The summed E-state index contributed by atoms with van der Waals surface area (Å²) >= 11 is 0. The molecule has 0 saturated heterocycles. The van der Waals surface area contributed by atoms with Crippen molar-refractivity contribution < 1.29 is 32.3 Å². The van der Waals surface area contributed by atoms with Crippen LogP contribution in [0.3, 0.4) is 0 Å². The molecule has 146 valence electrons. The molecule has 0 spiro atoms. The van der Waals surface area contributed by atoms with Crippen LogP contribution < -0.4 is 19.8 Å². The monoisotopic (exact) mass is 411 g/mol. The molecule has 0 amide bonds. The second-order valence-corrected chi connectivity index (χ2v) is 8.88. The fraction of sp³-hybridized carbons (Fsp3) is 0.235. The summed E-state index contributed by atoms with van der Waals surface area (Å²) < 4.78 is 42.4. The molecule has 0 aromatic heterocycles. The molecule has 0 aliphatic heterocycles. The molecule has 0 bridgehead atoms. The van der Waals surface area contributed by atoms with E-state index in [-0.39, 0.29) is 16.2 Å². The lowest BCUT2D eigenvalue weighted by atomic mass is 10.2. The lowest BCUT2D eigenvalue weighted by molar-refractivity contribution is -0.308. The van der Waals surface area contributed by atoms with Crippen LogP contribution in [0.25, 0.3) is 0 Å². The first kappa shape index (κ1) is 21.3. The minimum Gasteiger partial charge on any atom is -0.807 e. The van der Waals surface area contributed by atoms with Crippen LogP contribution in [0.15, 0.2) is 53.4 Å². The van der Waals surface area contributed by atoms with Crippen LogP contribution in [-0.4, -0.2) is 31.8 Å². The number of benzene rings is 2. The van der Waals surface area contributed by atoms with E-state index in [0.29, 0.717) is 13.1 Å². The van der Waals surface area contributed by atoms with Crippen LogP contribution in [0.2, 0.25) is 0 Å². The number of para-hydroxylation sites is 1. The van der Waals surface area contributed by atoms with Crippen molar-refractivity contribution in [2.24, 2.45) is 0 Å². The van der Waals surface area contributed by atoms with Gasteiger partial charge >= 0.3 is 5.97 Å². The smallest absolute Gasteiger partial charge is 0.343 e. The van der Waals surface area contributed by atoms with Gasteiger partial charge in [-0.25, -0.2) is 13.2 Å². The first-order valence-electron chi connectivity index (χ1n) is 8.05. The molecular formula is C17H18NO7PS-2. The molecule has 0 radical (unpaired) electrons. The predicted octanol–water partition coefficient (Wildman–Crippen LogP) is 0.475. The maximum atomic E-state index is 12.4. The van der Waals surface area contributed by atoms with E-state index in [4.69, 9.17) is 4.74 Å². The maximum Gasteiger partial charge on any atom is 0.343 e. The topological polar surface area (TPSA) is 127 Å². The molecule has 0 aliphatic rings. The molecule has 0 unspecified atom stereocenters. The molecule has 2 aromatic rings. The van der Waals surface area contributed by atoms with Gasteiger partial charge in [-0.05, 0) is 37.9 Å². The standard InChI is InChI=1S/C17H20NO7PS/c1-3-18(4-2)27(23,24)14-11-9-13(10-12-14)17(19)25-15-7-5-6-8-16(15)26(20,21)22/h5-12H,3-4H2,1-2H3,(H2,20,21,22)/p-2. The normalized spacial score (nSPS) is 12.2. The van der Waals surface area contributed by atoms with Crippen molar-refractivity contribution in [1.82, 2.24) is 4.31 Å². The van der Waals surface area contributed by atoms with E-state index in [1.807, 2.05) is 0 Å². The zero-order chi connectivity index (χ0) is 20.2. The Morgan fingerprint density at radius 3 is 2.11 bits per heavy atom.